The number of ether oxygens (including phenoxy) is 1. The number of rotatable bonds is 1. The molecule has 0 saturated carbocycles. The summed E-state index contributed by atoms with van der Waals surface area (Å²) in [7, 11) is -0.0764. The van der Waals surface area contributed by atoms with E-state index < -0.39 is 8.07 Å². The Bertz CT molecular complexity index is 616. The number of carbonyl (C=O) groups excluding carboxylic acids is 1. The molecule has 0 aliphatic heterocycles. The van der Waals surface area contributed by atoms with Crippen LogP contribution in [0.25, 0.3) is 0 Å². The first-order chi connectivity index (χ1) is 9.10. The molecule has 0 unspecified atom stereocenters. The third-order valence-corrected chi connectivity index (χ3v) is 4.71. The Hall–Kier alpha value is -1.18. The van der Waals surface area contributed by atoms with Crippen molar-refractivity contribution in [3.05, 3.63) is 27.8 Å². The summed E-state index contributed by atoms with van der Waals surface area (Å²) >= 11 is 4.53. The Morgan fingerprint density at radius 3 is 2.10 bits per heavy atom. The minimum absolute atomic E-state index is 0.327. The second-order valence-corrected chi connectivity index (χ2v) is 11.2. The standard InChI is InChI=1S/C16H22O2SSi/c1-10-13(8-9-20(5,6)7)11(2)15(19)12(3)14(10)16(17)18-4/h19H,1-7H3. The molecule has 1 aromatic carbocycles. The maximum absolute atomic E-state index is 12.0. The van der Waals surface area contributed by atoms with Crippen LogP contribution in [0.4, 0.5) is 0 Å². The number of methoxy groups -OCH3 is 1. The third-order valence-electron chi connectivity index (χ3n) is 3.16. The molecule has 4 heteroatoms. The molecule has 0 aromatic heterocycles. The van der Waals surface area contributed by atoms with E-state index in [2.05, 4.69) is 43.7 Å². The number of hydrogen-bond donors (Lipinski definition) is 1. The lowest BCUT2D eigenvalue weighted by Gasteiger charge is -2.16. The molecular weight excluding hydrogens is 284 g/mol. The summed E-state index contributed by atoms with van der Waals surface area (Å²) in [5.74, 6) is 2.94. The molecule has 0 atom stereocenters. The van der Waals surface area contributed by atoms with Gasteiger partial charge in [0.05, 0.1) is 12.7 Å². The van der Waals surface area contributed by atoms with Crippen molar-refractivity contribution in [2.45, 2.75) is 45.3 Å². The summed E-state index contributed by atoms with van der Waals surface area (Å²) < 4.78 is 4.88. The van der Waals surface area contributed by atoms with Gasteiger partial charge in [0.25, 0.3) is 0 Å². The minimum Gasteiger partial charge on any atom is -0.465 e. The molecule has 0 amide bonds. The van der Waals surface area contributed by atoms with Crippen LogP contribution in [0.5, 0.6) is 0 Å². The van der Waals surface area contributed by atoms with E-state index >= 15 is 0 Å². The molecule has 108 valence electrons. The van der Waals surface area contributed by atoms with Crippen LogP contribution in [0.15, 0.2) is 4.90 Å². The molecule has 1 rings (SSSR count). The van der Waals surface area contributed by atoms with E-state index in [0.717, 1.165) is 27.1 Å². The first-order valence-corrected chi connectivity index (χ1v) is 10.5. The Labute approximate surface area is 128 Å². The first-order valence-electron chi connectivity index (χ1n) is 6.54. The van der Waals surface area contributed by atoms with E-state index in [4.69, 9.17) is 4.74 Å². The predicted molar refractivity (Wildman–Crippen MR) is 89.5 cm³/mol. The van der Waals surface area contributed by atoms with E-state index in [0.29, 0.717) is 5.56 Å². The van der Waals surface area contributed by atoms with E-state index in [1.165, 1.54) is 7.11 Å². The monoisotopic (exact) mass is 306 g/mol. The minimum atomic E-state index is -1.47. The van der Waals surface area contributed by atoms with Crippen LogP contribution in [0.3, 0.4) is 0 Å². The summed E-state index contributed by atoms with van der Waals surface area (Å²) in [4.78, 5) is 12.8. The molecule has 0 fully saturated rings. The number of carbonyl (C=O) groups is 1. The molecule has 0 heterocycles. The van der Waals surface area contributed by atoms with Gasteiger partial charge < -0.3 is 4.74 Å². The van der Waals surface area contributed by atoms with Gasteiger partial charge in [0.15, 0.2) is 0 Å². The van der Waals surface area contributed by atoms with Crippen LogP contribution in [-0.2, 0) is 4.74 Å². The predicted octanol–water partition coefficient (Wildman–Crippen LogP) is 3.92. The average Bonchev–Trinajstić information content (AvgIpc) is 2.34. The van der Waals surface area contributed by atoms with Gasteiger partial charge in [-0.25, -0.2) is 4.79 Å². The van der Waals surface area contributed by atoms with E-state index in [9.17, 15) is 4.79 Å². The quantitative estimate of drug-likeness (QED) is 0.368. The zero-order valence-electron chi connectivity index (χ0n) is 13.3. The molecule has 1 aromatic rings. The third kappa shape index (κ3) is 3.47. The van der Waals surface area contributed by atoms with Crippen LogP contribution < -0.4 is 0 Å². The largest absolute Gasteiger partial charge is 0.465 e. The fourth-order valence-corrected chi connectivity index (χ4v) is 2.77. The molecule has 0 N–H and O–H groups in total. The highest BCUT2D eigenvalue weighted by Crippen LogP contribution is 2.29. The number of benzene rings is 1. The van der Waals surface area contributed by atoms with E-state index in [1.54, 1.807) is 0 Å². The van der Waals surface area contributed by atoms with Crippen molar-refractivity contribution in [1.82, 2.24) is 0 Å². The summed E-state index contributed by atoms with van der Waals surface area (Å²) in [5.41, 5.74) is 7.61. The van der Waals surface area contributed by atoms with Gasteiger partial charge in [-0.2, -0.15) is 0 Å². The van der Waals surface area contributed by atoms with Crippen molar-refractivity contribution in [1.29, 1.82) is 0 Å². The van der Waals surface area contributed by atoms with Gasteiger partial charge in [-0.15, -0.1) is 18.2 Å². The van der Waals surface area contributed by atoms with Crippen molar-refractivity contribution >= 4 is 26.7 Å². The molecule has 0 saturated heterocycles. The van der Waals surface area contributed by atoms with Crippen LogP contribution >= 0.6 is 12.6 Å². The highest BCUT2D eigenvalue weighted by atomic mass is 32.1. The SMILES string of the molecule is COC(=O)c1c(C)c(S)c(C)c(C#C[Si](C)(C)C)c1C. The van der Waals surface area contributed by atoms with Crippen molar-refractivity contribution < 1.29 is 9.53 Å². The summed E-state index contributed by atoms with van der Waals surface area (Å²) in [6.07, 6.45) is 0. The zero-order chi connectivity index (χ0) is 15.7. The number of hydrogen-bond acceptors (Lipinski definition) is 3. The molecule has 20 heavy (non-hydrogen) atoms. The van der Waals surface area contributed by atoms with Crippen LogP contribution in [0, 0.1) is 32.2 Å². The highest BCUT2D eigenvalue weighted by molar-refractivity contribution is 7.80. The smallest absolute Gasteiger partial charge is 0.338 e. The summed E-state index contributed by atoms with van der Waals surface area (Å²) in [6, 6.07) is 0. The number of thiol groups is 1. The maximum Gasteiger partial charge on any atom is 0.338 e. The van der Waals surface area contributed by atoms with Crippen LogP contribution in [0.2, 0.25) is 19.6 Å². The van der Waals surface area contributed by atoms with E-state index in [1.807, 2.05) is 20.8 Å². The van der Waals surface area contributed by atoms with Gasteiger partial charge in [-0.05, 0) is 37.5 Å². The summed E-state index contributed by atoms with van der Waals surface area (Å²) in [5, 5.41) is 0. The van der Waals surface area contributed by atoms with Gasteiger partial charge in [-0.1, -0.05) is 25.6 Å². The molecule has 0 aliphatic rings. The second-order valence-electron chi connectivity index (χ2n) is 5.97. The highest BCUT2D eigenvalue weighted by Gasteiger charge is 2.20. The molecule has 0 bridgehead atoms. The molecule has 2 nitrogen and oxygen atoms in total. The Balaban J connectivity index is 3.65. The van der Waals surface area contributed by atoms with Crippen LogP contribution in [0.1, 0.15) is 32.6 Å². The Kier molecular flexibility index (Phi) is 5.12. The summed E-state index contributed by atoms with van der Waals surface area (Å²) in [6.45, 7) is 12.4. The number of esters is 1. The fraction of sp³-hybridized carbons (Fsp3) is 0.438. The lowest BCUT2D eigenvalue weighted by Crippen LogP contribution is -2.17. The molecule has 0 spiro atoms. The zero-order valence-corrected chi connectivity index (χ0v) is 15.2. The lowest BCUT2D eigenvalue weighted by molar-refractivity contribution is 0.0598. The average molecular weight is 307 g/mol. The Morgan fingerprint density at radius 2 is 1.65 bits per heavy atom. The maximum atomic E-state index is 12.0. The molecule has 0 radical (unpaired) electrons. The molecular formula is C16H22O2SSi. The fourth-order valence-electron chi connectivity index (χ4n) is 2.05. The molecule has 0 aliphatic carbocycles. The van der Waals surface area contributed by atoms with Crippen molar-refractivity contribution in [2.75, 3.05) is 7.11 Å². The van der Waals surface area contributed by atoms with Gasteiger partial charge in [0, 0.05) is 10.5 Å². The van der Waals surface area contributed by atoms with Gasteiger partial charge in [0.1, 0.15) is 8.07 Å². The van der Waals surface area contributed by atoms with Gasteiger partial charge >= 0.3 is 5.97 Å². The van der Waals surface area contributed by atoms with Crippen molar-refractivity contribution in [3.63, 3.8) is 0 Å². The topological polar surface area (TPSA) is 26.3 Å². The Morgan fingerprint density at radius 1 is 1.10 bits per heavy atom. The lowest BCUT2D eigenvalue weighted by atomic mass is 9.93. The van der Waals surface area contributed by atoms with Gasteiger partial charge in [0.2, 0.25) is 0 Å². The normalized spacial score (nSPS) is 10.8. The van der Waals surface area contributed by atoms with Gasteiger partial charge in [-0.3, -0.25) is 0 Å². The second kappa shape index (κ2) is 6.07. The van der Waals surface area contributed by atoms with Crippen molar-refractivity contribution in [3.8, 4) is 11.5 Å². The van der Waals surface area contributed by atoms with Crippen LogP contribution in [-0.4, -0.2) is 21.2 Å². The first kappa shape index (κ1) is 16.9. The van der Waals surface area contributed by atoms with Crippen molar-refractivity contribution in [2.24, 2.45) is 0 Å². The van der Waals surface area contributed by atoms with E-state index in [-0.39, 0.29) is 5.97 Å².